The van der Waals surface area contributed by atoms with Crippen molar-refractivity contribution in [2.24, 2.45) is 0 Å². The van der Waals surface area contributed by atoms with Gasteiger partial charge < -0.3 is 10.6 Å². The van der Waals surface area contributed by atoms with Gasteiger partial charge >= 0.3 is 0 Å². The van der Waals surface area contributed by atoms with Gasteiger partial charge in [0.2, 0.25) is 5.91 Å². The lowest BCUT2D eigenvalue weighted by molar-refractivity contribution is -0.116. The van der Waals surface area contributed by atoms with Crippen molar-refractivity contribution in [2.75, 3.05) is 10.6 Å². The van der Waals surface area contributed by atoms with E-state index in [-0.39, 0.29) is 5.91 Å². The molecule has 2 N–H and O–H groups in total. The highest BCUT2D eigenvalue weighted by atomic mass is 16.1. The molecule has 3 nitrogen and oxygen atoms in total. The molecule has 25 heavy (non-hydrogen) atoms. The second kappa shape index (κ2) is 8.69. The van der Waals surface area contributed by atoms with Crippen molar-refractivity contribution in [3.05, 3.63) is 90.5 Å². The summed E-state index contributed by atoms with van der Waals surface area (Å²) in [5.74, 6) is 0.0553. The van der Waals surface area contributed by atoms with E-state index in [1.807, 2.05) is 72.8 Å². The Balaban J connectivity index is 1.45. The molecule has 3 heteroatoms. The summed E-state index contributed by atoms with van der Waals surface area (Å²) in [4.78, 5) is 12.1. The second-order valence-electron chi connectivity index (χ2n) is 5.96. The van der Waals surface area contributed by atoms with E-state index >= 15 is 0 Å². The lowest BCUT2D eigenvalue weighted by atomic mass is 10.1. The van der Waals surface area contributed by atoms with Gasteiger partial charge in [-0.15, -0.1) is 0 Å². The van der Waals surface area contributed by atoms with Gasteiger partial charge in [0.1, 0.15) is 0 Å². The Hall–Kier alpha value is -3.07. The topological polar surface area (TPSA) is 41.1 Å². The first-order valence-corrected chi connectivity index (χ1v) is 8.55. The van der Waals surface area contributed by atoms with Crippen LogP contribution in [0.1, 0.15) is 18.4 Å². The molecule has 3 aromatic carbocycles. The minimum atomic E-state index is 0.0553. The van der Waals surface area contributed by atoms with Gasteiger partial charge in [-0.2, -0.15) is 0 Å². The quantitative estimate of drug-likeness (QED) is 0.609. The Bertz CT molecular complexity index is 783. The van der Waals surface area contributed by atoms with Crippen molar-refractivity contribution in [1.82, 2.24) is 0 Å². The molecule has 0 aliphatic carbocycles. The van der Waals surface area contributed by atoms with Gasteiger partial charge in [0.15, 0.2) is 0 Å². The Morgan fingerprint density at radius 1 is 0.680 bits per heavy atom. The number of aryl methyl sites for hydroxylation is 1. The van der Waals surface area contributed by atoms with Gasteiger partial charge in [-0.1, -0.05) is 48.5 Å². The van der Waals surface area contributed by atoms with Crippen molar-refractivity contribution in [1.29, 1.82) is 0 Å². The maximum Gasteiger partial charge on any atom is 0.224 e. The Morgan fingerprint density at radius 3 is 1.92 bits per heavy atom. The van der Waals surface area contributed by atoms with Gasteiger partial charge in [-0.05, 0) is 54.8 Å². The Labute approximate surface area is 148 Å². The van der Waals surface area contributed by atoms with E-state index in [4.69, 9.17) is 0 Å². The third-order valence-electron chi connectivity index (χ3n) is 3.94. The van der Waals surface area contributed by atoms with Crippen LogP contribution in [0.4, 0.5) is 17.1 Å². The highest BCUT2D eigenvalue weighted by Gasteiger charge is 2.03. The first-order chi connectivity index (χ1) is 12.3. The molecule has 0 aromatic heterocycles. The average molecular weight is 330 g/mol. The van der Waals surface area contributed by atoms with E-state index < -0.39 is 0 Å². The van der Waals surface area contributed by atoms with Gasteiger partial charge in [0.05, 0.1) is 0 Å². The largest absolute Gasteiger partial charge is 0.356 e. The van der Waals surface area contributed by atoms with Crippen LogP contribution in [0.3, 0.4) is 0 Å². The number of carbonyl (C=O) groups excluding carboxylic acids is 1. The fourth-order valence-electron chi connectivity index (χ4n) is 2.65. The summed E-state index contributed by atoms with van der Waals surface area (Å²) in [6.07, 6.45) is 2.30. The molecule has 3 aromatic rings. The molecule has 0 spiro atoms. The highest BCUT2D eigenvalue weighted by molar-refractivity contribution is 5.90. The van der Waals surface area contributed by atoms with Crippen molar-refractivity contribution in [2.45, 2.75) is 19.3 Å². The van der Waals surface area contributed by atoms with Crippen LogP contribution >= 0.6 is 0 Å². The Kier molecular flexibility index (Phi) is 5.83. The smallest absolute Gasteiger partial charge is 0.224 e. The number of para-hydroxylation sites is 1. The van der Waals surface area contributed by atoms with Gasteiger partial charge in [0, 0.05) is 23.5 Å². The summed E-state index contributed by atoms with van der Waals surface area (Å²) >= 11 is 0. The molecule has 0 saturated heterocycles. The van der Waals surface area contributed by atoms with Crippen molar-refractivity contribution >= 4 is 23.0 Å². The predicted octanol–water partition coefficient (Wildman–Crippen LogP) is 5.39. The fraction of sp³-hybridized carbons (Fsp3) is 0.136. The lowest BCUT2D eigenvalue weighted by Gasteiger charge is -2.09. The minimum Gasteiger partial charge on any atom is -0.356 e. The van der Waals surface area contributed by atoms with Crippen LogP contribution in [0.15, 0.2) is 84.9 Å². The summed E-state index contributed by atoms with van der Waals surface area (Å²) in [6, 6.07) is 28.0. The summed E-state index contributed by atoms with van der Waals surface area (Å²) in [5, 5.41) is 6.28. The molecule has 0 bridgehead atoms. The first-order valence-electron chi connectivity index (χ1n) is 8.55. The van der Waals surface area contributed by atoms with E-state index in [1.54, 1.807) is 0 Å². The monoisotopic (exact) mass is 330 g/mol. The van der Waals surface area contributed by atoms with E-state index in [0.717, 1.165) is 29.9 Å². The number of benzene rings is 3. The van der Waals surface area contributed by atoms with E-state index in [2.05, 4.69) is 22.8 Å². The predicted molar refractivity (Wildman–Crippen MR) is 104 cm³/mol. The molecule has 126 valence electrons. The van der Waals surface area contributed by atoms with Crippen LogP contribution in [0.5, 0.6) is 0 Å². The van der Waals surface area contributed by atoms with Crippen LogP contribution in [-0.2, 0) is 11.2 Å². The van der Waals surface area contributed by atoms with Gasteiger partial charge in [-0.3, -0.25) is 4.79 Å². The normalized spacial score (nSPS) is 10.2. The molecule has 3 rings (SSSR count). The van der Waals surface area contributed by atoms with Crippen LogP contribution in [0, 0.1) is 0 Å². The third-order valence-corrected chi connectivity index (χ3v) is 3.94. The maximum atomic E-state index is 12.1. The summed E-state index contributed by atoms with van der Waals surface area (Å²) in [7, 11) is 0. The van der Waals surface area contributed by atoms with Crippen molar-refractivity contribution in [3.8, 4) is 0 Å². The number of nitrogens with one attached hydrogen (secondary N) is 2. The molecule has 0 saturated carbocycles. The van der Waals surface area contributed by atoms with Crippen molar-refractivity contribution in [3.63, 3.8) is 0 Å². The summed E-state index contributed by atoms with van der Waals surface area (Å²) in [5.41, 5.74) is 4.13. The maximum absolute atomic E-state index is 12.1. The molecule has 0 heterocycles. The standard InChI is InChI=1S/C22H22N2O/c25-22(13-7-10-18-8-3-1-4-9-18)24-21-16-14-20(15-17-21)23-19-11-5-2-6-12-19/h1-6,8-9,11-12,14-17,23H,7,10,13H2,(H,24,25). The molecule has 0 radical (unpaired) electrons. The molecule has 0 atom stereocenters. The highest BCUT2D eigenvalue weighted by Crippen LogP contribution is 2.18. The molecule has 0 aliphatic rings. The number of hydrogen-bond acceptors (Lipinski definition) is 2. The lowest BCUT2D eigenvalue weighted by Crippen LogP contribution is -2.11. The van der Waals surface area contributed by atoms with Crippen LogP contribution in [-0.4, -0.2) is 5.91 Å². The van der Waals surface area contributed by atoms with E-state index in [9.17, 15) is 4.79 Å². The molecule has 0 fully saturated rings. The van der Waals surface area contributed by atoms with E-state index in [0.29, 0.717) is 6.42 Å². The molecular weight excluding hydrogens is 308 g/mol. The molecule has 0 unspecified atom stereocenters. The zero-order valence-corrected chi connectivity index (χ0v) is 14.1. The van der Waals surface area contributed by atoms with Gasteiger partial charge in [-0.25, -0.2) is 0 Å². The molecular formula is C22H22N2O. The second-order valence-corrected chi connectivity index (χ2v) is 5.96. The van der Waals surface area contributed by atoms with Crippen molar-refractivity contribution < 1.29 is 4.79 Å². The Morgan fingerprint density at radius 2 is 1.24 bits per heavy atom. The third kappa shape index (κ3) is 5.50. The zero-order valence-electron chi connectivity index (χ0n) is 14.1. The van der Waals surface area contributed by atoms with Crippen LogP contribution in [0.25, 0.3) is 0 Å². The summed E-state index contributed by atoms with van der Waals surface area (Å²) < 4.78 is 0. The number of anilines is 3. The molecule has 1 amide bonds. The minimum absolute atomic E-state index is 0.0553. The number of hydrogen-bond donors (Lipinski definition) is 2. The fourth-order valence-corrected chi connectivity index (χ4v) is 2.65. The molecule has 0 aliphatic heterocycles. The number of carbonyl (C=O) groups is 1. The summed E-state index contributed by atoms with van der Waals surface area (Å²) in [6.45, 7) is 0. The van der Waals surface area contributed by atoms with E-state index in [1.165, 1.54) is 5.56 Å². The average Bonchev–Trinajstić information content (AvgIpc) is 2.65. The number of amides is 1. The van der Waals surface area contributed by atoms with Gasteiger partial charge in [0.25, 0.3) is 0 Å². The van der Waals surface area contributed by atoms with Crippen LogP contribution < -0.4 is 10.6 Å². The first kappa shape index (κ1) is 16.8. The SMILES string of the molecule is O=C(CCCc1ccccc1)Nc1ccc(Nc2ccccc2)cc1. The zero-order chi connectivity index (χ0) is 17.3. The number of rotatable bonds is 7. The van der Waals surface area contributed by atoms with Crippen LogP contribution in [0.2, 0.25) is 0 Å².